The van der Waals surface area contributed by atoms with Crippen molar-refractivity contribution in [1.29, 1.82) is 0 Å². The molecular weight excluding hydrogens is 461 g/mol. The molecule has 0 bridgehead atoms. The molecule has 1 atom stereocenters. The van der Waals surface area contributed by atoms with Gasteiger partial charge >= 0.3 is 12.1 Å². The zero-order valence-electron chi connectivity index (χ0n) is 14.3. The van der Waals surface area contributed by atoms with E-state index in [1.165, 1.54) is 23.0 Å². The zero-order chi connectivity index (χ0) is 19.0. The third-order valence-electron chi connectivity index (χ3n) is 5.09. The predicted octanol–water partition coefficient (Wildman–Crippen LogP) is 3.82. The summed E-state index contributed by atoms with van der Waals surface area (Å²) >= 11 is 1.46. The highest BCUT2D eigenvalue weighted by atomic mass is 127. The molecule has 2 aromatic rings. The summed E-state index contributed by atoms with van der Waals surface area (Å²) in [5.41, 5.74) is 4.42. The maximum atomic E-state index is 12.5. The zero-order valence-corrected chi connectivity index (χ0v) is 16.4. The molecule has 2 aliphatic rings. The van der Waals surface area contributed by atoms with Gasteiger partial charge in [-0.3, -0.25) is 4.79 Å². The normalized spacial score (nSPS) is 18.2. The van der Waals surface area contributed by atoms with E-state index in [-0.39, 0.29) is 25.4 Å². The van der Waals surface area contributed by atoms with E-state index < -0.39 is 24.0 Å². The van der Waals surface area contributed by atoms with E-state index in [4.69, 9.17) is 4.74 Å². The molecule has 1 fully saturated rings. The van der Waals surface area contributed by atoms with Crippen molar-refractivity contribution in [3.8, 4) is 11.1 Å². The van der Waals surface area contributed by atoms with E-state index in [0.717, 1.165) is 27.2 Å². The van der Waals surface area contributed by atoms with Crippen molar-refractivity contribution < 1.29 is 22.2 Å². The molecule has 0 spiro atoms. The van der Waals surface area contributed by atoms with Crippen molar-refractivity contribution >= 4 is 41.0 Å². The van der Waals surface area contributed by atoms with Gasteiger partial charge in [-0.15, -0.1) is 0 Å². The first-order valence-electron chi connectivity index (χ1n) is 8.61. The van der Waals surface area contributed by atoms with E-state index in [0.29, 0.717) is 0 Å². The van der Waals surface area contributed by atoms with Crippen molar-refractivity contribution in [3.05, 3.63) is 59.7 Å². The average molecular weight is 477 g/mol. The van der Waals surface area contributed by atoms with Gasteiger partial charge in [0.15, 0.2) is 23.0 Å². The second-order valence-corrected chi connectivity index (χ2v) is 6.96. The average Bonchev–Trinajstić information content (AvgIpc) is 3.24. The van der Waals surface area contributed by atoms with E-state index in [1.807, 2.05) is 48.5 Å². The van der Waals surface area contributed by atoms with Crippen molar-refractivity contribution in [3.63, 3.8) is 0 Å². The summed E-state index contributed by atoms with van der Waals surface area (Å²) in [5, 5.41) is 0. The van der Waals surface area contributed by atoms with Crippen molar-refractivity contribution in [2.45, 2.75) is 24.8 Å². The first-order valence-corrected chi connectivity index (χ1v) is 9.49. The highest BCUT2D eigenvalue weighted by Crippen LogP contribution is 2.44. The molecule has 27 heavy (non-hydrogen) atoms. The molecule has 0 radical (unpaired) electrons. The maximum absolute atomic E-state index is 12.5. The Morgan fingerprint density at radius 1 is 1.04 bits per heavy atom. The summed E-state index contributed by atoms with van der Waals surface area (Å²) in [4.78, 5) is 37.3. The minimum atomic E-state index is -0.912. The highest BCUT2D eigenvalue weighted by Gasteiger charge is 2.42. The van der Waals surface area contributed by atoms with Crippen molar-refractivity contribution in [2.24, 2.45) is 0 Å². The number of likely N-dealkylation sites (tertiary alicyclic amines) is 1. The number of carbonyl (C=O) groups is 3. The summed E-state index contributed by atoms with van der Waals surface area (Å²) in [5.74, 6) is -1.14. The van der Waals surface area contributed by atoms with Gasteiger partial charge in [0.1, 0.15) is 12.6 Å². The Bertz CT molecular complexity index is 883. The van der Waals surface area contributed by atoms with E-state index in [1.54, 1.807) is 0 Å². The molecule has 1 aliphatic heterocycles. The predicted molar refractivity (Wildman–Crippen MR) is 105 cm³/mol. The molecule has 7 heteroatoms. The third-order valence-corrected chi connectivity index (χ3v) is 5.53. The molecule has 2 amide bonds. The summed E-state index contributed by atoms with van der Waals surface area (Å²) in [6.45, 7) is 0.0998. The van der Waals surface area contributed by atoms with Gasteiger partial charge < -0.3 is 7.80 Å². The van der Waals surface area contributed by atoms with Gasteiger partial charge in [0.05, 0.1) is 0 Å². The SMILES string of the molecule is O=C(OI)[C@@H]1CCC(=O)N1C(=O)OCC1c2ccccc2-c2ccccc21. The van der Waals surface area contributed by atoms with Gasteiger partial charge in [0, 0.05) is 12.3 Å². The lowest BCUT2D eigenvalue weighted by Gasteiger charge is -2.21. The van der Waals surface area contributed by atoms with Crippen LogP contribution in [-0.2, 0) is 17.4 Å². The van der Waals surface area contributed by atoms with Gasteiger partial charge in [-0.1, -0.05) is 48.5 Å². The molecule has 0 unspecified atom stereocenters. The van der Waals surface area contributed by atoms with Gasteiger partial charge in [0.2, 0.25) is 5.91 Å². The quantitative estimate of drug-likeness (QED) is 0.629. The van der Waals surface area contributed by atoms with E-state index in [9.17, 15) is 14.4 Å². The summed E-state index contributed by atoms with van der Waals surface area (Å²) < 4.78 is 10.1. The molecule has 0 N–H and O–H groups in total. The highest BCUT2D eigenvalue weighted by molar-refractivity contribution is 14.1. The number of benzene rings is 2. The molecule has 1 aliphatic carbocycles. The number of rotatable bonds is 3. The molecule has 0 aromatic heterocycles. The molecular formula is C20H16INO5. The largest absolute Gasteiger partial charge is 0.448 e. The first kappa shape index (κ1) is 18.0. The van der Waals surface area contributed by atoms with Gasteiger partial charge in [-0.2, -0.15) is 0 Å². The number of hydrogen-bond donors (Lipinski definition) is 0. The first-order chi connectivity index (χ1) is 13.1. The Hall–Kier alpha value is -2.42. The topological polar surface area (TPSA) is 72.9 Å². The van der Waals surface area contributed by atoms with E-state index in [2.05, 4.69) is 3.07 Å². The number of amides is 2. The number of fused-ring (bicyclic) bond motifs is 3. The minimum absolute atomic E-state index is 0.0998. The lowest BCUT2D eigenvalue weighted by atomic mass is 9.98. The number of imide groups is 1. The number of ether oxygens (including phenoxy) is 1. The Labute approximate surface area is 170 Å². The molecule has 1 heterocycles. The molecule has 4 rings (SSSR count). The Kier molecular flexibility index (Phi) is 4.86. The monoisotopic (exact) mass is 477 g/mol. The fraction of sp³-hybridized carbons (Fsp3) is 0.250. The molecule has 1 saturated heterocycles. The van der Waals surface area contributed by atoms with Gasteiger partial charge in [-0.05, 0) is 28.7 Å². The number of carbonyl (C=O) groups excluding carboxylic acids is 3. The second kappa shape index (κ2) is 7.30. The van der Waals surface area contributed by atoms with Crippen LogP contribution in [0.2, 0.25) is 0 Å². The number of nitrogens with zero attached hydrogens (tertiary/aromatic N) is 1. The van der Waals surface area contributed by atoms with Gasteiger partial charge in [0.25, 0.3) is 0 Å². The Balaban J connectivity index is 1.54. The minimum Gasteiger partial charge on any atom is -0.448 e. The number of halogens is 1. The van der Waals surface area contributed by atoms with Crippen LogP contribution in [0.4, 0.5) is 4.79 Å². The maximum Gasteiger partial charge on any atom is 0.417 e. The smallest absolute Gasteiger partial charge is 0.417 e. The van der Waals surface area contributed by atoms with Gasteiger partial charge in [-0.25, -0.2) is 14.5 Å². The Morgan fingerprint density at radius 3 is 2.22 bits per heavy atom. The lowest BCUT2D eigenvalue weighted by Crippen LogP contribution is -2.43. The van der Waals surface area contributed by atoms with Crippen LogP contribution in [0.3, 0.4) is 0 Å². The van der Waals surface area contributed by atoms with Crippen LogP contribution in [0.15, 0.2) is 48.5 Å². The number of hydrogen-bond acceptors (Lipinski definition) is 5. The standard InChI is InChI=1S/C20H16INO5/c21-27-19(24)17-9-10-18(23)22(17)20(25)26-11-16-14-7-3-1-5-12(14)13-6-2-4-8-15(13)16/h1-8,16-17H,9-11H2/t17-/m0/s1. The van der Waals surface area contributed by atoms with E-state index >= 15 is 0 Å². The fourth-order valence-electron chi connectivity index (χ4n) is 3.85. The van der Waals surface area contributed by atoms with Crippen LogP contribution < -0.4 is 0 Å². The van der Waals surface area contributed by atoms with Crippen LogP contribution >= 0.6 is 23.0 Å². The summed E-state index contributed by atoms with van der Waals surface area (Å²) in [7, 11) is 0. The molecule has 138 valence electrons. The van der Waals surface area contributed by atoms with Crippen molar-refractivity contribution in [1.82, 2.24) is 4.90 Å². The van der Waals surface area contributed by atoms with Crippen LogP contribution in [0.5, 0.6) is 0 Å². The Morgan fingerprint density at radius 2 is 1.63 bits per heavy atom. The van der Waals surface area contributed by atoms with Crippen LogP contribution in [-0.4, -0.2) is 35.5 Å². The van der Waals surface area contributed by atoms with Crippen LogP contribution in [0.25, 0.3) is 11.1 Å². The molecule has 2 aromatic carbocycles. The summed E-state index contributed by atoms with van der Waals surface area (Å²) in [6, 6.07) is 15.1. The fourth-order valence-corrected chi connectivity index (χ4v) is 4.14. The third kappa shape index (κ3) is 3.09. The molecule has 0 saturated carbocycles. The second-order valence-electron chi connectivity index (χ2n) is 6.52. The van der Waals surface area contributed by atoms with Crippen molar-refractivity contribution in [2.75, 3.05) is 6.61 Å². The van der Waals surface area contributed by atoms with Crippen LogP contribution in [0.1, 0.15) is 29.9 Å². The lowest BCUT2D eigenvalue weighted by molar-refractivity contribution is -0.140. The molecule has 6 nitrogen and oxygen atoms in total. The summed E-state index contributed by atoms with van der Waals surface area (Å²) in [6.07, 6.45) is -0.419. The van der Waals surface area contributed by atoms with Crippen LogP contribution in [0, 0.1) is 0 Å².